The van der Waals surface area contributed by atoms with Crippen LogP contribution in [0.1, 0.15) is 44.3 Å². The number of ether oxygens (including phenoxy) is 2. The van der Waals surface area contributed by atoms with E-state index in [2.05, 4.69) is 28.3 Å². The van der Waals surface area contributed by atoms with Crippen LogP contribution in [0, 0.1) is 0 Å². The molecule has 1 fully saturated rings. The van der Waals surface area contributed by atoms with Crippen LogP contribution in [-0.2, 0) is 16.8 Å². The zero-order chi connectivity index (χ0) is 17.8. The molecule has 1 aliphatic heterocycles. The van der Waals surface area contributed by atoms with E-state index in [9.17, 15) is 0 Å². The van der Waals surface area contributed by atoms with Gasteiger partial charge in [-0.2, -0.15) is 4.98 Å². The van der Waals surface area contributed by atoms with Crippen molar-refractivity contribution in [2.24, 2.45) is 0 Å². The average molecular weight is 352 g/mol. The van der Waals surface area contributed by atoms with E-state index in [0.717, 1.165) is 43.4 Å². The molecule has 1 aromatic heterocycles. The van der Waals surface area contributed by atoms with Gasteiger partial charge < -0.3 is 14.0 Å². The smallest absolute Gasteiger partial charge is 0.226 e. The predicted molar refractivity (Wildman–Crippen MR) is 99.2 cm³/mol. The molecular weight excluding hydrogens is 328 g/mol. The van der Waals surface area contributed by atoms with Crippen LogP contribution >= 0.6 is 0 Å². The number of benzene rings is 2. The van der Waals surface area contributed by atoms with Crippen molar-refractivity contribution in [2.75, 3.05) is 13.2 Å². The minimum Gasteiger partial charge on any atom is -0.493 e. The van der Waals surface area contributed by atoms with Gasteiger partial charge in [-0.1, -0.05) is 41.6 Å². The first-order valence-corrected chi connectivity index (χ1v) is 9.32. The third-order valence-corrected chi connectivity index (χ3v) is 4.95. The Bertz CT molecular complexity index is 863. The maximum Gasteiger partial charge on any atom is 0.226 e. The van der Waals surface area contributed by atoms with E-state index in [0.29, 0.717) is 24.7 Å². The zero-order valence-electron chi connectivity index (χ0n) is 15.1. The number of hydrogen-bond acceptors (Lipinski definition) is 5. The van der Waals surface area contributed by atoms with Crippen molar-refractivity contribution < 1.29 is 14.0 Å². The van der Waals surface area contributed by atoms with E-state index in [1.165, 1.54) is 5.39 Å². The molecule has 4 rings (SSSR count). The lowest BCUT2D eigenvalue weighted by atomic mass is 9.95. The second kappa shape index (κ2) is 7.46. The normalized spacial score (nSPS) is 20.3. The topological polar surface area (TPSA) is 57.4 Å². The molecule has 0 amide bonds. The summed E-state index contributed by atoms with van der Waals surface area (Å²) in [5.41, 5.74) is -0.403. The van der Waals surface area contributed by atoms with Gasteiger partial charge in [0.05, 0.1) is 6.61 Å². The third-order valence-electron chi connectivity index (χ3n) is 4.95. The highest BCUT2D eigenvalue weighted by molar-refractivity contribution is 5.88. The molecule has 0 saturated carbocycles. The van der Waals surface area contributed by atoms with Gasteiger partial charge in [-0.25, -0.2) is 0 Å². The molecule has 3 aromatic rings. The maximum absolute atomic E-state index is 5.97. The second-order valence-corrected chi connectivity index (χ2v) is 6.98. The van der Waals surface area contributed by atoms with E-state index in [1.54, 1.807) is 0 Å². The molecule has 5 nitrogen and oxygen atoms in total. The Morgan fingerprint density at radius 1 is 1.12 bits per heavy atom. The van der Waals surface area contributed by atoms with E-state index in [4.69, 9.17) is 14.0 Å². The fraction of sp³-hybridized carbons (Fsp3) is 0.429. The van der Waals surface area contributed by atoms with Crippen LogP contribution in [0.15, 0.2) is 47.0 Å². The molecule has 0 radical (unpaired) electrons. The van der Waals surface area contributed by atoms with Crippen molar-refractivity contribution in [3.8, 4) is 5.75 Å². The Labute approximate surface area is 153 Å². The fourth-order valence-electron chi connectivity index (χ4n) is 3.41. The highest BCUT2D eigenvalue weighted by Gasteiger charge is 2.34. The summed E-state index contributed by atoms with van der Waals surface area (Å²) in [4.78, 5) is 4.54. The van der Waals surface area contributed by atoms with Crippen molar-refractivity contribution in [1.82, 2.24) is 10.1 Å². The summed E-state index contributed by atoms with van der Waals surface area (Å²) >= 11 is 0. The minimum absolute atomic E-state index is 0.403. The number of fused-ring (bicyclic) bond motifs is 1. The fourth-order valence-corrected chi connectivity index (χ4v) is 3.41. The monoisotopic (exact) mass is 352 g/mol. The summed E-state index contributed by atoms with van der Waals surface area (Å²) in [5.74, 6) is 2.23. The Morgan fingerprint density at radius 2 is 2.00 bits per heavy atom. The van der Waals surface area contributed by atoms with E-state index in [-0.39, 0.29) is 0 Å². The Kier molecular flexibility index (Phi) is 4.89. The van der Waals surface area contributed by atoms with Crippen molar-refractivity contribution in [3.05, 3.63) is 54.2 Å². The predicted octanol–water partition coefficient (Wildman–Crippen LogP) is 4.65. The third kappa shape index (κ3) is 3.58. The molecule has 0 aliphatic carbocycles. The molecule has 1 unspecified atom stereocenters. The first-order valence-electron chi connectivity index (χ1n) is 9.32. The summed E-state index contributed by atoms with van der Waals surface area (Å²) in [5, 5.41) is 6.46. The molecule has 5 heteroatoms. The van der Waals surface area contributed by atoms with Gasteiger partial charge in [-0.3, -0.25) is 0 Å². The first kappa shape index (κ1) is 17.0. The largest absolute Gasteiger partial charge is 0.493 e. The zero-order valence-corrected chi connectivity index (χ0v) is 15.1. The number of hydrogen-bond donors (Lipinski definition) is 0. The molecule has 2 heterocycles. The minimum atomic E-state index is -0.403. The number of aryl methyl sites for hydroxylation is 1. The Morgan fingerprint density at radius 3 is 2.88 bits per heavy atom. The lowest BCUT2D eigenvalue weighted by Gasteiger charge is -2.30. The van der Waals surface area contributed by atoms with Crippen molar-refractivity contribution in [2.45, 2.75) is 44.6 Å². The molecule has 0 spiro atoms. The summed E-state index contributed by atoms with van der Waals surface area (Å²) in [7, 11) is 0. The van der Waals surface area contributed by atoms with Crippen molar-refractivity contribution in [3.63, 3.8) is 0 Å². The van der Waals surface area contributed by atoms with Gasteiger partial charge in [0.25, 0.3) is 0 Å². The van der Waals surface area contributed by atoms with E-state index < -0.39 is 5.60 Å². The van der Waals surface area contributed by atoms with Crippen molar-refractivity contribution >= 4 is 10.8 Å². The first-order chi connectivity index (χ1) is 12.7. The number of nitrogens with zero attached hydrogens (tertiary/aromatic N) is 2. The van der Waals surface area contributed by atoms with Gasteiger partial charge in [0.1, 0.15) is 11.4 Å². The SMILES string of the molecule is CC1(c2noc(CCCOc3cccc4ccccc34)n2)CCCCO1. The Hall–Kier alpha value is -2.40. The van der Waals surface area contributed by atoms with Crippen LogP contribution in [0.2, 0.25) is 0 Å². The van der Waals surface area contributed by atoms with Crippen LogP contribution in [0.4, 0.5) is 0 Å². The van der Waals surface area contributed by atoms with Crippen LogP contribution in [0.5, 0.6) is 5.75 Å². The molecule has 136 valence electrons. The summed E-state index contributed by atoms with van der Waals surface area (Å²) in [6.07, 6.45) is 4.71. The average Bonchev–Trinajstić information content (AvgIpc) is 3.16. The van der Waals surface area contributed by atoms with Crippen molar-refractivity contribution in [1.29, 1.82) is 0 Å². The lowest BCUT2D eigenvalue weighted by molar-refractivity contribution is -0.0770. The molecule has 1 atom stereocenters. The van der Waals surface area contributed by atoms with Gasteiger partial charge in [0, 0.05) is 18.4 Å². The standard InChI is InChI=1S/C21H24N2O3/c1-21(13-4-5-15-25-21)20-22-19(26-23-20)12-7-14-24-18-11-6-9-16-8-2-3-10-17(16)18/h2-3,6,8-11H,4-5,7,12-15H2,1H3. The number of aromatic nitrogens is 2. The van der Waals surface area contributed by atoms with E-state index in [1.807, 2.05) is 31.2 Å². The summed E-state index contributed by atoms with van der Waals surface area (Å²) < 4.78 is 17.3. The molecule has 1 saturated heterocycles. The molecule has 0 bridgehead atoms. The summed E-state index contributed by atoms with van der Waals surface area (Å²) in [6, 6.07) is 14.4. The lowest BCUT2D eigenvalue weighted by Crippen LogP contribution is -2.31. The molecule has 1 aliphatic rings. The van der Waals surface area contributed by atoms with Crippen LogP contribution in [0.3, 0.4) is 0 Å². The number of rotatable bonds is 6. The quantitative estimate of drug-likeness (QED) is 0.604. The van der Waals surface area contributed by atoms with Crippen LogP contribution < -0.4 is 4.74 Å². The van der Waals surface area contributed by atoms with Gasteiger partial charge >= 0.3 is 0 Å². The van der Waals surface area contributed by atoms with Gasteiger partial charge in [-0.15, -0.1) is 0 Å². The van der Waals surface area contributed by atoms with Gasteiger partial charge in [-0.05, 0) is 44.1 Å². The maximum atomic E-state index is 5.97. The molecule has 2 aromatic carbocycles. The Balaban J connectivity index is 1.32. The van der Waals surface area contributed by atoms with Crippen LogP contribution in [0.25, 0.3) is 10.8 Å². The van der Waals surface area contributed by atoms with E-state index >= 15 is 0 Å². The van der Waals surface area contributed by atoms with Gasteiger partial charge in [0.15, 0.2) is 0 Å². The molecular formula is C21H24N2O3. The van der Waals surface area contributed by atoms with Gasteiger partial charge in [0.2, 0.25) is 11.7 Å². The second-order valence-electron chi connectivity index (χ2n) is 6.98. The van der Waals surface area contributed by atoms with Crippen LogP contribution in [-0.4, -0.2) is 23.4 Å². The molecule has 0 N–H and O–H groups in total. The molecule has 26 heavy (non-hydrogen) atoms. The highest BCUT2D eigenvalue weighted by atomic mass is 16.5. The summed E-state index contributed by atoms with van der Waals surface area (Å²) in [6.45, 7) is 3.42. The highest BCUT2D eigenvalue weighted by Crippen LogP contribution is 2.32.